The maximum absolute atomic E-state index is 13.8. The van der Waals surface area contributed by atoms with E-state index in [4.69, 9.17) is 26.1 Å². The molecule has 644 valence electrons. The van der Waals surface area contributed by atoms with Crippen molar-refractivity contribution in [1.29, 1.82) is 0 Å². The van der Waals surface area contributed by atoms with Crippen molar-refractivity contribution in [3.63, 3.8) is 0 Å². The molecule has 0 aliphatic carbocycles. The van der Waals surface area contributed by atoms with Crippen LogP contribution in [0.4, 0.5) is 0 Å². The van der Waals surface area contributed by atoms with E-state index >= 15 is 0 Å². The number of hydrogen-bond donors (Lipinski definition) is 0. The Morgan fingerprint density at radius 3 is 1.24 bits per heavy atom. The Labute approximate surface area is 768 Å². The third kappa shape index (κ3) is 24.2. The van der Waals surface area contributed by atoms with Gasteiger partial charge in [0, 0.05) is 186 Å². The van der Waals surface area contributed by atoms with Crippen LogP contribution in [0.3, 0.4) is 0 Å². The lowest BCUT2D eigenvalue weighted by Gasteiger charge is -2.14. The zero-order chi connectivity index (χ0) is 90.6. The van der Waals surface area contributed by atoms with Gasteiger partial charge in [-0.05, 0) is 248 Å². The zero-order valence-corrected chi connectivity index (χ0v) is 77.7. The fourth-order valence-corrected chi connectivity index (χ4v) is 18.2. The van der Waals surface area contributed by atoms with Crippen molar-refractivity contribution in [3.8, 4) is 0 Å². The average Bonchev–Trinajstić information content (AvgIpc) is 1.60. The average molecular weight is 1850 g/mol. The summed E-state index contributed by atoms with van der Waals surface area (Å²) in [6.07, 6.45) is 0.641. The van der Waals surface area contributed by atoms with Crippen molar-refractivity contribution in [3.05, 3.63) is 354 Å². The number of carbonyl (C=O) groups excluding carboxylic acids is 9. The third-order valence-corrected chi connectivity index (χ3v) is 25.9. The summed E-state index contributed by atoms with van der Waals surface area (Å²) in [5.74, 6) is -0.601. The summed E-state index contributed by atoms with van der Waals surface area (Å²) in [5, 5.41) is 16.1. The predicted molar refractivity (Wildman–Crippen MR) is 519 cm³/mol. The van der Waals surface area contributed by atoms with Gasteiger partial charge in [0.05, 0.1) is 5.41 Å². The van der Waals surface area contributed by atoms with Gasteiger partial charge in [-0.2, -0.15) is 11.8 Å². The van der Waals surface area contributed by atoms with Crippen LogP contribution < -0.4 is 0 Å². The number of fused-ring (bicyclic) bond motifs is 6. The lowest BCUT2D eigenvalue weighted by atomic mass is 9.97. The normalized spacial score (nSPS) is 11.7. The number of rotatable bonds is 31. The van der Waals surface area contributed by atoms with E-state index in [9.17, 15) is 43.2 Å². The van der Waals surface area contributed by atoms with Crippen LogP contribution in [0.2, 0.25) is 5.02 Å². The van der Waals surface area contributed by atoms with Gasteiger partial charge in [-0.1, -0.05) is 164 Å². The fourth-order valence-electron chi connectivity index (χ4n) is 14.1. The van der Waals surface area contributed by atoms with Crippen LogP contribution in [0.5, 0.6) is 0 Å². The van der Waals surface area contributed by atoms with E-state index in [0.29, 0.717) is 85.2 Å². The number of aryl methyl sites for hydroxylation is 6. The van der Waals surface area contributed by atoms with Crippen molar-refractivity contribution < 1.29 is 57.7 Å². The largest absolute Gasteiger partial charge is 0.341 e. The van der Waals surface area contributed by atoms with Crippen LogP contribution >= 0.6 is 74.6 Å². The van der Waals surface area contributed by atoms with Crippen LogP contribution in [0.15, 0.2) is 306 Å². The van der Waals surface area contributed by atoms with E-state index < -0.39 is 23.3 Å². The molecule has 2 heterocycles. The van der Waals surface area contributed by atoms with Crippen LogP contribution in [-0.4, -0.2) is 96.1 Å². The molecule has 14 rings (SSSR count). The van der Waals surface area contributed by atoms with Gasteiger partial charge in [0.1, 0.15) is 17.1 Å². The first kappa shape index (κ1) is 94.0. The minimum Gasteiger partial charge on any atom is -0.341 e. The molecule has 17 nitrogen and oxygen atoms in total. The summed E-state index contributed by atoms with van der Waals surface area (Å²) in [6, 6.07) is 83.2. The summed E-state index contributed by atoms with van der Waals surface area (Å²) in [4.78, 5) is 135. The molecule has 0 aliphatic rings. The second-order valence-electron chi connectivity index (χ2n) is 30.9. The van der Waals surface area contributed by atoms with E-state index in [1.54, 1.807) is 80.7 Å². The van der Waals surface area contributed by atoms with Crippen LogP contribution in [0, 0.1) is 33.1 Å². The lowest BCUT2D eigenvalue weighted by molar-refractivity contribution is -0.153. The van der Waals surface area contributed by atoms with Gasteiger partial charge in [0.15, 0.2) is 17.3 Å². The van der Waals surface area contributed by atoms with Crippen LogP contribution in [0.25, 0.3) is 43.6 Å². The summed E-state index contributed by atoms with van der Waals surface area (Å²) >= 11 is 15.7. The highest BCUT2D eigenvalue weighted by molar-refractivity contribution is 9.10. The molecule has 0 unspecified atom stereocenters. The first-order chi connectivity index (χ1) is 61.0. The molecule has 0 amide bonds. The van der Waals surface area contributed by atoms with Gasteiger partial charge in [-0.3, -0.25) is 28.8 Å². The Bertz CT molecular complexity index is 6580. The Hall–Kier alpha value is -12.2. The molecule has 2 aromatic heterocycles. The molecule has 12 aromatic carbocycles. The molecule has 0 fully saturated rings. The van der Waals surface area contributed by atoms with E-state index in [1.165, 1.54) is 53.4 Å². The molecule has 0 saturated carbocycles. The minimum atomic E-state index is -0.748. The van der Waals surface area contributed by atoms with Crippen molar-refractivity contribution in [2.75, 3.05) is 17.3 Å². The first-order valence-electron chi connectivity index (χ1n) is 41.2. The minimum absolute atomic E-state index is 0.0211. The molecule has 0 radical (unpaired) electrons. The molecule has 0 aliphatic heterocycles. The second-order valence-corrected chi connectivity index (χ2v) is 36.7. The Kier molecular flexibility index (Phi) is 32.4. The monoisotopic (exact) mass is 1850 g/mol. The topological polar surface area (TPSA) is 228 Å². The SMILES string of the molecule is CC(C)(C)C(=O)O/N=C(\CCSc1ccc(Cl)cc1)C(=O)c1ccc(Sc2ccc(C(=O)c3ccccc3)cc2)cc1.CCn1c2ccc(C(=O)/C(CCSc3c(C)cccc3C)=N/OC(C)=O)cc2c2cc(C(=O)c3ccccc3C)ccc21.CCn1c2ccc(C(=O)/C(CSCc3ccc(Br)cc3)=N/OC(C)=O)cc2c2cc(C(=O)c3ccccc3C)ccc21. The van der Waals surface area contributed by atoms with E-state index in [-0.39, 0.29) is 57.6 Å². The maximum atomic E-state index is 13.8. The molecule has 0 bridgehead atoms. The van der Waals surface area contributed by atoms with Crippen LogP contribution in [0.1, 0.15) is 168 Å². The van der Waals surface area contributed by atoms with Crippen molar-refractivity contribution in [2.24, 2.45) is 20.9 Å². The Morgan fingerprint density at radius 1 is 0.394 bits per heavy atom. The standard InChI is InChI=1S/C36H34N2O4S.C34H29BrN2O4S.C34H30ClNO4S2/c1-6-38-32-16-14-26(34(40)28-13-8-7-10-22(28)2)20-29(32)30-21-27(15-17-33(30)38)35(41)31(37-42-25(5)39)18-19-43-36-23(3)11-9-12-24(36)4;1-4-37-31-15-11-24(33(39)27-8-6-5-7-21(27)2)17-28(31)29-18-25(12-16-32(29)37)34(40)30(36-41-22(3)38)20-42-19-23-9-13-26(35)14-10-23;1-34(2,3)33(39)40-36-30(21-22-41-27-19-13-26(35)14-20-27)32(38)25-11-17-29(18-12-25)42-28-15-9-24(10-16-28)31(37)23-7-5-4-6-8-23/h7-17,20-21H,6,18-19H2,1-5H3;5-18H,4,19-20H2,1-3H3;4-20H,21-22H2,1-3H3/b37-31+;2*36-30+. The highest BCUT2D eigenvalue weighted by Crippen LogP contribution is 2.37. The Morgan fingerprint density at radius 2 is 0.780 bits per heavy atom. The van der Waals surface area contributed by atoms with Crippen LogP contribution in [-0.2, 0) is 47.7 Å². The smallest absolute Gasteiger partial charge is 0.340 e. The third-order valence-electron chi connectivity index (χ3n) is 20.7. The number of benzene rings is 12. The quantitative estimate of drug-likeness (QED) is 0.0129. The van der Waals surface area contributed by atoms with Gasteiger partial charge in [-0.25, -0.2) is 14.4 Å². The van der Waals surface area contributed by atoms with E-state index in [1.807, 2.05) is 232 Å². The van der Waals surface area contributed by atoms with Crippen molar-refractivity contribution in [2.45, 2.75) is 127 Å². The predicted octanol–water partition coefficient (Wildman–Crippen LogP) is 25.4. The highest BCUT2D eigenvalue weighted by Gasteiger charge is 2.27. The molecule has 0 N–H and O–H groups in total. The van der Waals surface area contributed by atoms with Gasteiger partial charge in [0.25, 0.3) is 0 Å². The molecule has 23 heteroatoms. The lowest BCUT2D eigenvalue weighted by Crippen LogP contribution is -2.23. The number of hydrogen-bond acceptors (Lipinski definition) is 19. The van der Waals surface area contributed by atoms with Gasteiger partial charge < -0.3 is 23.6 Å². The molecule has 0 saturated heterocycles. The summed E-state index contributed by atoms with van der Waals surface area (Å²) in [7, 11) is 0. The summed E-state index contributed by atoms with van der Waals surface area (Å²) in [6.45, 7) is 21.3. The van der Waals surface area contributed by atoms with Gasteiger partial charge >= 0.3 is 17.9 Å². The highest BCUT2D eigenvalue weighted by atomic mass is 79.9. The number of Topliss-reactive ketones (excluding diaryl/α,β-unsaturated/α-hetero) is 3. The molecule has 127 heavy (non-hydrogen) atoms. The molecular formula is C104H93BrClN5O12S4. The van der Waals surface area contributed by atoms with Gasteiger partial charge in [-0.15, -0.1) is 23.5 Å². The summed E-state index contributed by atoms with van der Waals surface area (Å²) < 4.78 is 5.34. The molecule has 14 aromatic rings. The number of halogens is 2. The fraction of sp³-hybridized carbons (Fsp3) is 0.192. The number of ketones is 6. The molecular weight excluding hydrogens is 1750 g/mol. The van der Waals surface area contributed by atoms with E-state index in [2.05, 4.69) is 80.4 Å². The van der Waals surface area contributed by atoms with Crippen molar-refractivity contribution >= 4 is 188 Å². The molecule has 0 atom stereocenters. The molecule has 0 spiro atoms. The first-order valence-corrected chi connectivity index (χ1v) is 46.3. The van der Waals surface area contributed by atoms with E-state index in [0.717, 1.165) is 92.6 Å². The number of thioether (sulfide) groups is 3. The number of nitrogens with zero attached hydrogens (tertiary/aromatic N) is 5. The van der Waals surface area contributed by atoms with Crippen molar-refractivity contribution in [1.82, 2.24) is 9.13 Å². The maximum Gasteiger partial charge on any atom is 0.340 e. The number of carbonyl (C=O) groups is 9. The summed E-state index contributed by atoms with van der Waals surface area (Å²) in [5.41, 5.74) is 14.1. The zero-order valence-electron chi connectivity index (χ0n) is 72.1. The van der Waals surface area contributed by atoms with Gasteiger partial charge in [0.2, 0.25) is 17.3 Å². The number of oxime groups is 3. The Balaban J connectivity index is 0.000000173. The second kappa shape index (κ2) is 43.8. The number of aromatic nitrogens is 2.